The van der Waals surface area contributed by atoms with Gasteiger partial charge in [-0.2, -0.15) is 0 Å². The molecule has 0 spiro atoms. The molecule has 4 aromatic rings. The van der Waals surface area contributed by atoms with Crippen LogP contribution < -0.4 is 9.47 Å². The molecule has 2 aromatic heterocycles. The minimum atomic E-state index is -0.626. The van der Waals surface area contributed by atoms with E-state index in [1.807, 2.05) is 24.3 Å². The second-order valence-electron chi connectivity index (χ2n) is 6.85. The first-order valence-electron chi connectivity index (χ1n) is 9.29. The number of nitrogens with zero attached hydrogens (tertiary/aromatic N) is 1. The molecule has 0 radical (unpaired) electrons. The van der Waals surface area contributed by atoms with E-state index in [9.17, 15) is 9.59 Å². The molecule has 0 N–H and O–H groups in total. The first kappa shape index (κ1) is 17.9. The van der Waals surface area contributed by atoms with Crippen LogP contribution >= 0.6 is 0 Å². The number of allylic oxidation sites excluding steroid dienone is 1. The molecule has 6 nitrogen and oxygen atoms in total. The number of pyridine rings is 1. The van der Waals surface area contributed by atoms with Crippen LogP contribution in [0.2, 0.25) is 0 Å². The van der Waals surface area contributed by atoms with Crippen molar-refractivity contribution in [3.8, 4) is 11.5 Å². The average Bonchev–Trinajstić information content (AvgIpc) is 3.30. The van der Waals surface area contributed by atoms with Crippen LogP contribution in [-0.4, -0.2) is 16.7 Å². The Morgan fingerprint density at radius 1 is 1.07 bits per heavy atom. The zero-order valence-electron chi connectivity index (χ0n) is 15.9. The third-order valence-corrected chi connectivity index (χ3v) is 4.75. The monoisotopic (exact) mass is 397 g/mol. The third-order valence-electron chi connectivity index (χ3n) is 4.75. The molecule has 1 aliphatic heterocycles. The van der Waals surface area contributed by atoms with E-state index >= 15 is 0 Å². The van der Waals surface area contributed by atoms with Crippen LogP contribution in [0.3, 0.4) is 0 Å². The molecule has 3 heterocycles. The van der Waals surface area contributed by atoms with Crippen molar-refractivity contribution in [1.29, 1.82) is 0 Å². The van der Waals surface area contributed by atoms with E-state index in [2.05, 4.69) is 4.98 Å². The van der Waals surface area contributed by atoms with Gasteiger partial charge in [-0.1, -0.05) is 24.3 Å². The van der Waals surface area contributed by atoms with Crippen LogP contribution in [0.15, 0.2) is 77.0 Å². The van der Waals surface area contributed by atoms with Gasteiger partial charge in [0.25, 0.3) is 0 Å². The smallest absolute Gasteiger partial charge is 0.379 e. The number of ether oxygens (including phenoxy) is 2. The predicted molar refractivity (Wildman–Crippen MR) is 110 cm³/mol. The first-order valence-corrected chi connectivity index (χ1v) is 9.29. The topological polar surface area (TPSA) is 78.6 Å². The highest BCUT2D eigenvalue weighted by atomic mass is 16.5. The Morgan fingerprint density at radius 2 is 1.90 bits per heavy atom. The van der Waals surface area contributed by atoms with Crippen molar-refractivity contribution in [2.75, 3.05) is 0 Å². The zero-order chi connectivity index (χ0) is 20.7. The van der Waals surface area contributed by atoms with Gasteiger partial charge in [-0.3, -0.25) is 9.78 Å². The van der Waals surface area contributed by atoms with Crippen LogP contribution in [-0.2, 0) is 0 Å². The van der Waals surface area contributed by atoms with E-state index in [1.165, 1.54) is 6.07 Å². The van der Waals surface area contributed by atoms with Gasteiger partial charge in [0.1, 0.15) is 17.1 Å². The molecule has 0 atom stereocenters. The van der Waals surface area contributed by atoms with Crippen molar-refractivity contribution in [2.45, 2.75) is 6.92 Å². The molecular weight excluding hydrogens is 382 g/mol. The summed E-state index contributed by atoms with van der Waals surface area (Å²) >= 11 is 0. The Hall–Kier alpha value is -4.19. The van der Waals surface area contributed by atoms with Crippen LogP contribution in [0, 0.1) is 6.92 Å². The normalized spacial score (nSPS) is 14.0. The van der Waals surface area contributed by atoms with Crippen molar-refractivity contribution in [3.05, 3.63) is 95.2 Å². The van der Waals surface area contributed by atoms with E-state index in [-0.39, 0.29) is 23.1 Å². The zero-order valence-corrected chi connectivity index (χ0v) is 15.9. The van der Waals surface area contributed by atoms with Gasteiger partial charge in [-0.05, 0) is 42.8 Å². The number of ketones is 1. The Morgan fingerprint density at radius 3 is 2.70 bits per heavy atom. The quantitative estimate of drug-likeness (QED) is 0.276. The lowest BCUT2D eigenvalue weighted by molar-refractivity contribution is 0.0703. The van der Waals surface area contributed by atoms with Crippen molar-refractivity contribution in [2.24, 2.45) is 0 Å². The summed E-state index contributed by atoms with van der Waals surface area (Å²) in [5.41, 5.74) is 2.31. The van der Waals surface area contributed by atoms with E-state index in [0.29, 0.717) is 28.2 Å². The first-order chi connectivity index (χ1) is 14.6. The van der Waals surface area contributed by atoms with Crippen molar-refractivity contribution >= 4 is 28.8 Å². The molecular formula is C24H15NO5. The maximum Gasteiger partial charge on any atom is 0.379 e. The maximum atomic E-state index is 12.7. The standard InChI is InChI=1S/C24H15NO5/c1-14-10-17(28-24(27)21-11-15-6-2-3-8-18(15)29-21)13-19-22(14)23(26)20(30-19)12-16-7-4-5-9-25-16/h2-13H,1H3/b20-12-. The largest absolute Gasteiger partial charge is 0.452 e. The lowest BCUT2D eigenvalue weighted by Gasteiger charge is -2.06. The third kappa shape index (κ3) is 3.14. The molecule has 30 heavy (non-hydrogen) atoms. The average molecular weight is 397 g/mol. The molecule has 0 saturated carbocycles. The molecule has 146 valence electrons. The Kier molecular flexibility index (Phi) is 4.17. The fraction of sp³-hybridized carbons (Fsp3) is 0.0417. The number of esters is 1. The highest BCUT2D eigenvalue weighted by Gasteiger charge is 2.30. The Bertz CT molecular complexity index is 1300. The Balaban J connectivity index is 1.42. The van der Waals surface area contributed by atoms with E-state index in [1.54, 1.807) is 49.5 Å². The number of carbonyl (C=O) groups is 2. The van der Waals surface area contributed by atoms with Gasteiger partial charge in [0.2, 0.25) is 11.5 Å². The van der Waals surface area contributed by atoms with Gasteiger partial charge in [0.05, 0.1) is 11.3 Å². The fourth-order valence-electron chi connectivity index (χ4n) is 3.37. The number of para-hydroxylation sites is 1. The highest BCUT2D eigenvalue weighted by molar-refractivity contribution is 6.15. The Labute approximate surface area is 171 Å². The summed E-state index contributed by atoms with van der Waals surface area (Å²) in [6.45, 7) is 1.77. The van der Waals surface area contributed by atoms with E-state index < -0.39 is 5.97 Å². The number of benzene rings is 2. The van der Waals surface area contributed by atoms with Gasteiger partial charge in [-0.15, -0.1) is 0 Å². The van der Waals surface area contributed by atoms with Crippen molar-refractivity contribution < 1.29 is 23.5 Å². The molecule has 0 aliphatic carbocycles. The number of furan rings is 1. The minimum Gasteiger partial charge on any atom is -0.452 e. The van der Waals surface area contributed by atoms with E-state index in [4.69, 9.17) is 13.9 Å². The maximum absolute atomic E-state index is 12.7. The van der Waals surface area contributed by atoms with Crippen molar-refractivity contribution in [1.82, 2.24) is 4.98 Å². The summed E-state index contributed by atoms with van der Waals surface area (Å²) in [5, 5.41) is 0.813. The number of rotatable bonds is 3. The molecule has 0 amide bonds. The lowest BCUT2D eigenvalue weighted by atomic mass is 10.0. The summed E-state index contributed by atoms with van der Waals surface area (Å²) < 4.78 is 16.8. The van der Waals surface area contributed by atoms with Gasteiger partial charge in [-0.25, -0.2) is 4.79 Å². The number of aromatic nitrogens is 1. The van der Waals surface area contributed by atoms with Gasteiger partial charge >= 0.3 is 5.97 Å². The number of hydrogen-bond donors (Lipinski definition) is 0. The summed E-state index contributed by atoms with van der Waals surface area (Å²) in [6, 6.07) is 17.5. The van der Waals surface area contributed by atoms with Crippen LogP contribution in [0.4, 0.5) is 0 Å². The molecule has 2 aromatic carbocycles. The number of fused-ring (bicyclic) bond motifs is 2. The second kappa shape index (κ2) is 7.00. The molecule has 0 bridgehead atoms. The number of aryl methyl sites for hydroxylation is 1. The van der Waals surface area contributed by atoms with Gasteiger partial charge in [0, 0.05) is 23.7 Å². The van der Waals surface area contributed by atoms with Crippen LogP contribution in [0.1, 0.15) is 32.2 Å². The highest BCUT2D eigenvalue weighted by Crippen LogP contribution is 2.37. The molecule has 1 aliphatic rings. The van der Waals surface area contributed by atoms with Gasteiger partial charge in [0.15, 0.2) is 5.76 Å². The number of hydrogen-bond acceptors (Lipinski definition) is 6. The minimum absolute atomic E-state index is 0.0992. The summed E-state index contributed by atoms with van der Waals surface area (Å²) in [7, 11) is 0. The molecule has 5 rings (SSSR count). The van der Waals surface area contributed by atoms with Crippen molar-refractivity contribution in [3.63, 3.8) is 0 Å². The molecule has 6 heteroatoms. The summed E-state index contributed by atoms with van der Waals surface area (Å²) in [5.74, 6) is 0.0234. The summed E-state index contributed by atoms with van der Waals surface area (Å²) in [4.78, 5) is 29.4. The summed E-state index contributed by atoms with van der Waals surface area (Å²) in [6.07, 6.45) is 3.22. The lowest BCUT2D eigenvalue weighted by Crippen LogP contribution is -2.07. The molecule has 0 fully saturated rings. The fourth-order valence-corrected chi connectivity index (χ4v) is 3.37. The molecule has 0 unspecified atom stereocenters. The van der Waals surface area contributed by atoms with Crippen LogP contribution in [0.5, 0.6) is 11.5 Å². The number of Topliss-reactive ketones (excluding diaryl/α,β-unsaturated/α-hetero) is 1. The van der Waals surface area contributed by atoms with Gasteiger partial charge < -0.3 is 13.9 Å². The number of carbonyl (C=O) groups excluding carboxylic acids is 2. The molecule has 0 saturated heterocycles. The second-order valence-corrected chi connectivity index (χ2v) is 6.85. The SMILES string of the molecule is Cc1cc(OC(=O)c2cc3ccccc3o2)cc2c1C(=O)/C(=C/c1ccccn1)O2. The predicted octanol–water partition coefficient (Wildman–Crippen LogP) is 4.97. The van der Waals surface area contributed by atoms with E-state index in [0.717, 1.165) is 5.39 Å². The van der Waals surface area contributed by atoms with Crippen LogP contribution in [0.25, 0.3) is 17.0 Å².